The van der Waals surface area contributed by atoms with E-state index in [1.165, 1.54) is 0 Å². The normalized spacial score (nSPS) is 19.5. The molecule has 1 aliphatic heterocycles. The molecule has 1 fully saturated rings. The van der Waals surface area contributed by atoms with E-state index in [4.69, 9.17) is 4.74 Å². The van der Waals surface area contributed by atoms with E-state index in [1.54, 1.807) is 7.11 Å². The highest BCUT2D eigenvalue weighted by Crippen LogP contribution is 2.31. The first-order valence-electron chi connectivity index (χ1n) is 8.47. The Hall–Kier alpha value is -1.97. The van der Waals surface area contributed by atoms with Gasteiger partial charge in [0.2, 0.25) is 0 Å². The number of benzene rings is 1. The van der Waals surface area contributed by atoms with Gasteiger partial charge in [0.1, 0.15) is 5.75 Å². The van der Waals surface area contributed by atoms with E-state index in [2.05, 4.69) is 53.7 Å². The molecule has 4 nitrogen and oxygen atoms in total. The van der Waals surface area contributed by atoms with Crippen LogP contribution in [0.25, 0.3) is 6.08 Å². The molecule has 0 aliphatic carbocycles. The molecule has 24 heavy (non-hydrogen) atoms. The number of rotatable bonds is 3. The number of hydrogen-bond donors (Lipinski definition) is 0. The third-order valence-corrected chi connectivity index (χ3v) is 4.30. The predicted molar refractivity (Wildman–Crippen MR) is 99.3 cm³/mol. The maximum absolute atomic E-state index is 12.9. The Bertz CT molecular complexity index is 606. The highest BCUT2D eigenvalue weighted by Gasteiger charge is 2.45. The molecular formula is C20H30N2O2. The van der Waals surface area contributed by atoms with Gasteiger partial charge in [0.15, 0.2) is 0 Å². The minimum atomic E-state index is -0.216. The Balaban J connectivity index is 2.25. The number of carbonyl (C=O) groups is 1. The predicted octanol–water partition coefficient (Wildman–Crippen LogP) is 4.41. The van der Waals surface area contributed by atoms with E-state index in [0.717, 1.165) is 11.3 Å². The summed E-state index contributed by atoms with van der Waals surface area (Å²) in [5, 5.41) is 0. The Morgan fingerprint density at radius 3 is 2.08 bits per heavy atom. The summed E-state index contributed by atoms with van der Waals surface area (Å²) in [4.78, 5) is 16.8. The van der Waals surface area contributed by atoms with Gasteiger partial charge in [0.05, 0.1) is 13.2 Å². The highest BCUT2D eigenvalue weighted by atomic mass is 16.5. The molecule has 1 unspecified atom stereocenters. The van der Waals surface area contributed by atoms with Crippen molar-refractivity contribution in [2.24, 2.45) is 0 Å². The molecule has 1 aromatic carbocycles. The van der Waals surface area contributed by atoms with Crippen molar-refractivity contribution in [2.75, 3.05) is 13.7 Å². The van der Waals surface area contributed by atoms with Gasteiger partial charge in [-0.05, 0) is 59.2 Å². The smallest absolute Gasteiger partial charge is 0.321 e. The quantitative estimate of drug-likeness (QED) is 0.822. The number of nitrogens with zero attached hydrogens (tertiary/aromatic N) is 2. The van der Waals surface area contributed by atoms with Crippen LogP contribution in [0, 0.1) is 0 Å². The summed E-state index contributed by atoms with van der Waals surface area (Å²) >= 11 is 0. The van der Waals surface area contributed by atoms with Crippen LogP contribution in [-0.4, -0.2) is 46.6 Å². The van der Waals surface area contributed by atoms with Crippen molar-refractivity contribution in [3.63, 3.8) is 0 Å². The molecule has 132 valence electrons. The standard InChI is InChI=1S/C20H30N2O2/c1-19(2,3)21-14-16(22(18(21)23)20(4,5)6)11-8-15-9-12-17(24-7)13-10-15/h8-13,16H,14H2,1-7H3/b11-8+. The zero-order chi connectivity index (χ0) is 18.1. The summed E-state index contributed by atoms with van der Waals surface area (Å²) in [6.45, 7) is 13.2. The van der Waals surface area contributed by atoms with E-state index >= 15 is 0 Å². The average Bonchev–Trinajstić information content (AvgIpc) is 2.82. The van der Waals surface area contributed by atoms with Crippen LogP contribution in [0.1, 0.15) is 47.1 Å². The van der Waals surface area contributed by atoms with Gasteiger partial charge >= 0.3 is 6.03 Å². The van der Waals surface area contributed by atoms with Crippen molar-refractivity contribution in [2.45, 2.75) is 58.7 Å². The lowest BCUT2D eigenvalue weighted by atomic mass is 10.0. The number of amides is 2. The first-order valence-corrected chi connectivity index (χ1v) is 8.47. The van der Waals surface area contributed by atoms with Crippen molar-refractivity contribution >= 4 is 12.1 Å². The second kappa shape index (κ2) is 6.50. The van der Waals surface area contributed by atoms with Crippen LogP contribution in [-0.2, 0) is 0 Å². The zero-order valence-corrected chi connectivity index (χ0v) is 16.0. The summed E-state index contributed by atoms with van der Waals surface area (Å²) in [5.41, 5.74) is 0.710. The average molecular weight is 330 g/mol. The van der Waals surface area contributed by atoms with Gasteiger partial charge in [0, 0.05) is 17.6 Å². The van der Waals surface area contributed by atoms with Gasteiger partial charge in [-0.2, -0.15) is 0 Å². The molecule has 1 aromatic rings. The molecule has 1 aliphatic rings. The number of hydrogen-bond acceptors (Lipinski definition) is 2. The van der Waals surface area contributed by atoms with E-state index in [9.17, 15) is 4.79 Å². The minimum Gasteiger partial charge on any atom is -0.497 e. The highest BCUT2D eigenvalue weighted by molar-refractivity contribution is 5.79. The van der Waals surface area contributed by atoms with E-state index in [1.807, 2.05) is 34.1 Å². The second-order valence-corrected chi connectivity index (χ2v) is 8.30. The fraction of sp³-hybridized carbons (Fsp3) is 0.550. The topological polar surface area (TPSA) is 32.8 Å². The molecule has 4 heteroatoms. The van der Waals surface area contributed by atoms with Crippen molar-refractivity contribution in [3.05, 3.63) is 35.9 Å². The second-order valence-electron chi connectivity index (χ2n) is 8.30. The van der Waals surface area contributed by atoms with E-state index in [0.29, 0.717) is 6.54 Å². The van der Waals surface area contributed by atoms with Crippen molar-refractivity contribution < 1.29 is 9.53 Å². The molecule has 2 rings (SSSR count). The van der Waals surface area contributed by atoms with Gasteiger partial charge in [-0.1, -0.05) is 24.3 Å². The molecule has 2 amide bonds. The Morgan fingerprint density at radius 1 is 1.04 bits per heavy atom. The summed E-state index contributed by atoms with van der Waals surface area (Å²) < 4.78 is 5.19. The molecule has 0 radical (unpaired) electrons. The molecule has 1 heterocycles. The SMILES string of the molecule is COc1ccc(/C=C/C2CN(C(C)(C)C)C(=O)N2C(C)(C)C)cc1. The van der Waals surface area contributed by atoms with Crippen LogP contribution in [0.4, 0.5) is 4.79 Å². The van der Waals surface area contributed by atoms with Gasteiger partial charge in [-0.25, -0.2) is 4.79 Å². The molecule has 0 bridgehead atoms. The fourth-order valence-electron chi connectivity index (χ4n) is 3.05. The Morgan fingerprint density at radius 2 is 1.62 bits per heavy atom. The maximum Gasteiger partial charge on any atom is 0.321 e. The van der Waals surface area contributed by atoms with Gasteiger partial charge in [-0.15, -0.1) is 0 Å². The Kier molecular flexibility index (Phi) is 4.97. The third kappa shape index (κ3) is 3.92. The molecule has 1 atom stereocenters. The van der Waals surface area contributed by atoms with Crippen LogP contribution >= 0.6 is 0 Å². The Labute approximate surface area is 146 Å². The lowest BCUT2D eigenvalue weighted by Gasteiger charge is -2.36. The number of urea groups is 1. The van der Waals surface area contributed by atoms with Gasteiger partial charge < -0.3 is 14.5 Å². The van der Waals surface area contributed by atoms with E-state index < -0.39 is 0 Å². The first-order chi connectivity index (χ1) is 11.0. The molecular weight excluding hydrogens is 300 g/mol. The summed E-state index contributed by atoms with van der Waals surface area (Å²) in [5.74, 6) is 0.846. The lowest BCUT2D eigenvalue weighted by molar-refractivity contribution is 0.129. The summed E-state index contributed by atoms with van der Waals surface area (Å²) in [6, 6.07) is 8.12. The summed E-state index contributed by atoms with van der Waals surface area (Å²) in [6.07, 6.45) is 4.22. The monoisotopic (exact) mass is 330 g/mol. The van der Waals surface area contributed by atoms with Gasteiger partial charge in [0.25, 0.3) is 0 Å². The van der Waals surface area contributed by atoms with E-state index in [-0.39, 0.29) is 23.2 Å². The minimum absolute atomic E-state index is 0.0684. The number of ether oxygens (including phenoxy) is 1. The zero-order valence-electron chi connectivity index (χ0n) is 16.0. The van der Waals surface area contributed by atoms with Crippen molar-refractivity contribution in [3.8, 4) is 5.75 Å². The largest absolute Gasteiger partial charge is 0.497 e. The summed E-state index contributed by atoms with van der Waals surface area (Å²) in [7, 11) is 1.66. The van der Waals surface area contributed by atoms with Crippen molar-refractivity contribution in [1.29, 1.82) is 0 Å². The third-order valence-electron chi connectivity index (χ3n) is 4.30. The van der Waals surface area contributed by atoms with Crippen LogP contribution in [0.15, 0.2) is 30.3 Å². The van der Waals surface area contributed by atoms with Crippen LogP contribution in [0.2, 0.25) is 0 Å². The lowest BCUT2D eigenvalue weighted by Crippen LogP contribution is -2.50. The first kappa shape index (κ1) is 18.4. The molecule has 1 saturated heterocycles. The molecule has 0 saturated carbocycles. The number of carbonyl (C=O) groups excluding carboxylic acids is 1. The molecule has 0 aromatic heterocycles. The van der Waals surface area contributed by atoms with Crippen LogP contribution < -0.4 is 4.74 Å². The maximum atomic E-state index is 12.9. The van der Waals surface area contributed by atoms with Crippen LogP contribution in [0.5, 0.6) is 5.75 Å². The van der Waals surface area contributed by atoms with Gasteiger partial charge in [-0.3, -0.25) is 0 Å². The molecule has 0 spiro atoms. The number of methoxy groups -OCH3 is 1. The van der Waals surface area contributed by atoms with Crippen molar-refractivity contribution in [1.82, 2.24) is 9.80 Å². The van der Waals surface area contributed by atoms with Crippen LogP contribution in [0.3, 0.4) is 0 Å². The molecule has 0 N–H and O–H groups in total. The fourth-order valence-corrected chi connectivity index (χ4v) is 3.05.